The van der Waals surface area contributed by atoms with Gasteiger partial charge in [-0.15, -0.1) is 0 Å². The highest BCUT2D eigenvalue weighted by Gasteiger charge is 2.66. The van der Waals surface area contributed by atoms with Gasteiger partial charge in [0, 0.05) is 0 Å². The summed E-state index contributed by atoms with van der Waals surface area (Å²) in [5.74, 6) is -4.35. The molecule has 0 radical (unpaired) electrons. The van der Waals surface area contributed by atoms with Crippen LogP contribution in [0.3, 0.4) is 0 Å². The van der Waals surface area contributed by atoms with Crippen LogP contribution in [-0.4, -0.2) is 22.8 Å². The first kappa shape index (κ1) is 14.1. The fraction of sp³-hybridized carbons (Fsp3) is 0.400. The number of halogens is 3. The number of rotatable bonds is 1. The van der Waals surface area contributed by atoms with Crippen molar-refractivity contribution in [2.45, 2.75) is 31.2 Å². The molecule has 3 nitrogen and oxygen atoms in total. The first-order chi connectivity index (χ1) is 9.92. The Morgan fingerprint density at radius 2 is 2.00 bits per heavy atom. The molecular weight excluding hydrogens is 283 g/mol. The molecule has 2 atom stereocenters. The molecule has 0 spiro atoms. The number of fused-ring (bicyclic) bond motifs is 1. The maximum absolute atomic E-state index is 13.0. The summed E-state index contributed by atoms with van der Waals surface area (Å²) in [7, 11) is 0. The molecule has 1 heterocycles. The van der Waals surface area contributed by atoms with Gasteiger partial charge in [0.25, 0.3) is 0 Å². The number of hydrogen-bond acceptors (Lipinski definition) is 3. The largest absolute Gasteiger partial charge is 0.458 e. The van der Waals surface area contributed by atoms with E-state index in [-0.39, 0.29) is 12.1 Å². The van der Waals surface area contributed by atoms with E-state index in [2.05, 4.69) is 9.99 Å². The van der Waals surface area contributed by atoms with E-state index < -0.39 is 17.9 Å². The lowest BCUT2D eigenvalue weighted by Crippen LogP contribution is -2.52. The van der Waals surface area contributed by atoms with Gasteiger partial charge in [-0.2, -0.15) is 13.2 Å². The van der Waals surface area contributed by atoms with Gasteiger partial charge < -0.3 is 9.94 Å². The highest BCUT2D eigenvalue weighted by atomic mass is 19.4. The molecule has 112 valence electrons. The van der Waals surface area contributed by atoms with Crippen molar-refractivity contribution in [2.75, 3.05) is 0 Å². The van der Waals surface area contributed by atoms with E-state index in [0.717, 1.165) is 5.56 Å². The summed E-state index contributed by atoms with van der Waals surface area (Å²) in [5, 5.41) is 13.4. The molecule has 2 unspecified atom stereocenters. The van der Waals surface area contributed by atoms with Crippen LogP contribution in [0.15, 0.2) is 41.1 Å². The van der Waals surface area contributed by atoms with Crippen molar-refractivity contribution in [3.05, 3.63) is 41.5 Å². The van der Waals surface area contributed by atoms with E-state index >= 15 is 0 Å². The van der Waals surface area contributed by atoms with Crippen LogP contribution in [0, 0.1) is 5.92 Å². The second-order valence-electron chi connectivity index (χ2n) is 5.29. The summed E-state index contributed by atoms with van der Waals surface area (Å²) in [6, 6.07) is 9.30. The van der Waals surface area contributed by atoms with Crippen molar-refractivity contribution < 1.29 is 23.1 Å². The third-order valence-electron chi connectivity index (χ3n) is 3.90. The summed E-state index contributed by atoms with van der Waals surface area (Å²) in [5.41, 5.74) is 1.79. The predicted octanol–water partition coefficient (Wildman–Crippen LogP) is 3.51. The van der Waals surface area contributed by atoms with Gasteiger partial charge in [0.2, 0.25) is 0 Å². The number of allylic oxidation sites excluding steroid dienone is 1. The summed E-state index contributed by atoms with van der Waals surface area (Å²) < 4.78 is 39.0. The van der Waals surface area contributed by atoms with E-state index in [4.69, 9.17) is 0 Å². The minimum absolute atomic E-state index is 0.209. The fourth-order valence-corrected chi connectivity index (χ4v) is 2.82. The highest BCUT2D eigenvalue weighted by molar-refractivity contribution is 6.06. The van der Waals surface area contributed by atoms with Crippen LogP contribution in [0.25, 0.3) is 6.08 Å². The average molecular weight is 297 g/mol. The van der Waals surface area contributed by atoms with Crippen LogP contribution in [0.1, 0.15) is 24.8 Å². The standard InChI is InChI=1S/C15H14F3NO2/c16-15(17,18)14(20)12-8-4-7-11(13(12)19-21-14)9-10-5-2-1-3-6-10/h1-3,5-6,9,12,20H,4,7-8H2/b11-9-. The number of oxime groups is 1. The van der Waals surface area contributed by atoms with Gasteiger partial charge >= 0.3 is 12.0 Å². The molecule has 0 saturated heterocycles. The molecule has 1 aromatic rings. The van der Waals surface area contributed by atoms with Crippen LogP contribution in [-0.2, 0) is 4.84 Å². The summed E-state index contributed by atoms with van der Waals surface area (Å²) in [6.45, 7) is 0. The van der Waals surface area contributed by atoms with Crippen molar-refractivity contribution in [1.29, 1.82) is 0 Å². The van der Waals surface area contributed by atoms with E-state index in [9.17, 15) is 18.3 Å². The van der Waals surface area contributed by atoms with Crippen molar-refractivity contribution >= 4 is 11.8 Å². The molecule has 0 amide bonds. The Balaban J connectivity index is 1.93. The molecule has 6 heteroatoms. The van der Waals surface area contributed by atoms with Gasteiger partial charge in [-0.3, -0.25) is 0 Å². The topological polar surface area (TPSA) is 41.8 Å². The van der Waals surface area contributed by atoms with Crippen molar-refractivity contribution in [1.82, 2.24) is 0 Å². The Morgan fingerprint density at radius 1 is 1.29 bits per heavy atom. The third-order valence-corrected chi connectivity index (χ3v) is 3.90. The Labute approximate surface area is 119 Å². The molecule has 2 aliphatic rings. The molecule has 0 bridgehead atoms. The van der Waals surface area contributed by atoms with Crippen LogP contribution in [0.5, 0.6) is 0 Å². The zero-order valence-electron chi connectivity index (χ0n) is 11.1. The number of nitrogens with zero attached hydrogens (tertiary/aromatic N) is 1. The molecule has 1 aliphatic heterocycles. The Kier molecular flexibility index (Phi) is 3.28. The van der Waals surface area contributed by atoms with Crippen LogP contribution >= 0.6 is 0 Å². The molecule has 1 aromatic carbocycles. The lowest BCUT2D eigenvalue weighted by Gasteiger charge is -2.32. The zero-order chi connectivity index (χ0) is 15.1. The van der Waals surface area contributed by atoms with Crippen LogP contribution in [0.2, 0.25) is 0 Å². The van der Waals surface area contributed by atoms with Gasteiger partial charge in [0.1, 0.15) is 0 Å². The normalized spacial score (nSPS) is 30.8. The van der Waals surface area contributed by atoms with E-state index in [1.165, 1.54) is 0 Å². The van der Waals surface area contributed by atoms with E-state index in [1.807, 2.05) is 30.3 Å². The SMILES string of the molecule is OC1(C(F)(F)F)ON=C2/C(=C\c3ccccc3)CCCC21. The minimum Gasteiger partial charge on any atom is -0.349 e. The van der Waals surface area contributed by atoms with Crippen molar-refractivity contribution in [2.24, 2.45) is 11.1 Å². The van der Waals surface area contributed by atoms with E-state index in [1.54, 1.807) is 6.08 Å². The zero-order valence-corrected chi connectivity index (χ0v) is 11.1. The molecule has 0 aromatic heterocycles. The molecular formula is C15H14F3NO2. The van der Waals surface area contributed by atoms with Crippen LogP contribution in [0.4, 0.5) is 13.2 Å². The quantitative estimate of drug-likeness (QED) is 0.862. The first-order valence-corrected chi connectivity index (χ1v) is 6.73. The number of hydrogen-bond donors (Lipinski definition) is 1. The Morgan fingerprint density at radius 3 is 2.67 bits per heavy atom. The van der Waals surface area contributed by atoms with Gasteiger partial charge in [-0.25, -0.2) is 0 Å². The first-order valence-electron chi connectivity index (χ1n) is 6.73. The van der Waals surface area contributed by atoms with Crippen molar-refractivity contribution in [3.8, 4) is 0 Å². The fourth-order valence-electron chi connectivity index (χ4n) is 2.82. The molecule has 1 N–H and O–H groups in total. The number of aliphatic hydroxyl groups is 1. The Bertz CT molecular complexity index is 595. The Hall–Kier alpha value is -1.82. The van der Waals surface area contributed by atoms with Crippen LogP contribution < -0.4 is 0 Å². The summed E-state index contributed by atoms with van der Waals surface area (Å²) >= 11 is 0. The average Bonchev–Trinajstić information content (AvgIpc) is 2.80. The lowest BCUT2D eigenvalue weighted by molar-refractivity contribution is -0.370. The smallest absolute Gasteiger partial charge is 0.349 e. The maximum Gasteiger partial charge on any atom is 0.458 e. The van der Waals surface area contributed by atoms with Gasteiger partial charge in [0.05, 0.1) is 11.6 Å². The highest BCUT2D eigenvalue weighted by Crippen LogP contribution is 2.47. The van der Waals surface area contributed by atoms with Crippen molar-refractivity contribution in [3.63, 3.8) is 0 Å². The van der Waals surface area contributed by atoms with Gasteiger partial charge in [-0.05, 0) is 36.5 Å². The monoisotopic (exact) mass is 297 g/mol. The van der Waals surface area contributed by atoms with E-state index in [0.29, 0.717) is 18.4 Å². The third kappa shape index (κ3) is 2.33. The molecule has 1 fully saturated rings. The summed E-state index contributed by atoms with van der Waals surface area (Å²) in [4.78, 5) is 4.40. The molecule has 3 rings (SSSR count). The van der Waals surface area contributed by atoms with Gasteiger partial charge in [0.15, 0.2) is 0 Å². The molecule has 21 heavy (non-hydrogen) atoms. The maximum atomic E-state index is 13.0. The summed E-state index contributed by atoms with van der Waals surface area (Å²) in [6.07, 6.45) is -1.67. The molecule has 1 saturated carbocycles. The lowest BCUT2D eigenvalue weighted by atomic mass is 9.78. The second-order valence-corrected chi connectivity index (χ2v) is 5.29. The number of benzene rings is 1. The van der Waals surface area contributed by atoms with Gasteiger partial charge in [-0.1, -0.05) is 35.5 Å². The predicted molar refractivity (Wildman–Crippen MR) is 71.3 cm³/mol. The second kappa shape index (κ2) is 4.87. The number of alkyl halides is 3. The molecule has 1 aliphatic carbocycles. The minimum atomic E-state index is -4.86.